The van der Waals surface area contributed by atoms with Gasteiger partial charge in [-0.25, -0.2) is 0 Å². The SMILES string of the molecule is O=C(O)CCc1cc2ccc(OCc3cc(-c4ccccc4)c(C(F)(F)F)s3)cc2o1. The minimum atomic E-state index is -4.45. The van der Waals surface area contributed by atoms with Crippen LogP contribution in [0.2, 0.25) is 0 Å². The number of carbonyl (C=O) groups is 1. The molecule has 31 heavy (non-hydrogen) atoms. The van der Waals surface area contributed by atoms with Gasteiger partial charge in [0.2, 0.25) is 0 Å². The van der Waals surface area contributed by atoms with Gasteiger partial charge in [-0.1, -0.05) is 30.3 Å². The van der Waals surface area contributed by atoms with E-state index in [0.717, 1.165) is 5.39 Å². The smallest absolute Gasteiger partial charge is 0.426 e. The second-order valence-electron chi connectivity index (χ2n) is 6.91. The highest BCUT2D eigenvalue weighted by Crippen LogP contribution is 2.43. The average Bonchev–Trinajstić information content (AvgIpc) is 3.35. The van der Waals surface area contributed by atoms with Gasteiger partial charge in [-0.2, -0.15) is 13.2 Å². The van der Waals surface area contributed by atoms with Gasteiger partial charge in [0.15, 0.2) is 0 Å². The topological polar surface area (TPSA) is 59.7 Å². The number of hydrogen-bond acceptors (Lipinski definition) is 4. The minimum Gasteiger partial charge on any atom is -0.488 e. The van der Waals surface area contributed by atoms with Gasteiger partial charge in [0.05, 0.1) is 6.42 Å². The van der Waals surface area contributed by atoms with Crippen molar-refractivity contribution in [1.82, 2.24) is 0 Å². The Bertz CT molecular complexity index is 1210. The van der Waals surface area contributed by atoms with E-state index >= 15 is 0 Å². The summed E-state index contributed by atoms with van der Waals surface area (Å²) in [6.45, 7) is -0.0152. The third-order valence-corrected chi connectivity index (χ3v) is 5.79. The standard InChI is InChI=1S/C23H17F3O4S/c24-23(25,26)22-19(14-4-2-1-3-5-14)12-18(31-22)13-29-16-7-6-15-10-17(8-9-21(27)28)30-20(15)11-16/h1-7,10-12H,8-9,13H2,(H,27,28). The molecule has 0 aliphatic heterocycles. The summed E-state index contributed by atoms with van der Waals surface area (Å²) in [5.74, 6) is 0.0958. The quantitative estimate of drug-likeness (QED) is 0.340. The fraction of sp³-hybridized carbons (Fsp3) is 0.174. The second-order valence-corrected chi connectivity index (χ2v) is 8.05. The predicted octanol–water partition coefficient (Wildman–Crippen LogP) is 6.78. The monoisotopic (exact) mass is 446 g/mol. The van der Waals surface area contributed by atoms with Crippen molar-refractivity contribution < 1.29 is 32.2 Å². The lowest BCUT2D eigenvalue weighted by molar-refractivity contribution is -0.137. The van der Waals surface area contributed by atoms with Crippen molar-refractivity contribution in [3.8, 4) is 16.9 Å². The largest absolute Gasteiger partial charge is 0.488 e. The third-order valence-electron chi connectivity index (χ3n) is 4.63. The molecule has 4 aromatic rings. The molecule has 8 heteroatoms. The molecule has 0 unspecified atom stereocenters. The van der Waals surface area contributed by atoms with Crippen LogP contribution in [0.1, 0.15) is 21.9 Å². The average molecular weight is 446 g/mol. The molecule has 0 saturated carbocycles. The predicted molar refractivity (Wildman–Crippen MR) is 111 cm³/mol. The number of furan rings is 1. The molecule has 4 rings (SSSR count). The highest BCUT2D eigenvalue weighted by atomic mass is 32.1. The molecule has 0 amide bonds. The van der Waals surface area contributed by atoms with Gasteiger partial charge in [0.1, 0.15) is 28.6 Å². The summed E-state index contributed by atoms with van der Waals surface area (Å²) in [6, 6.07) is 16.9. The molecular formula is C23H17F3O4S. The molecule has 2 aromatic carbocycles. The number of fused-ring (bicyclic) bond motifs is 1. The Labute approximate surface area is 179 Å². The van der Waals surface area contributed by atoms with Gasteiger partial charge in [0.25, 0.3) is 0 Å². The number of aliphatic carboxylic acids is 1. The maximum atomic E-state index is 13.5. The van der Waals surface area contributed by atoms with E-state index in [4.69, 9.17) is 14.3 Å². The molecular weight excluding hydrogens is 429 g/mol. The molecule has 0 aliphatic rings. The molecule has 2 heterocycles. The second kappa shape index (κ2) is 8.47. The first-order valence-corrected chi connectivity index (χ1v) is 10.2. The van der Waals surface area contributed by atoms with E-state index in [1.807, 2.05) is 0 Å². The summed E-state index contributed by atoms with van der Waals surface area (Å²) in [5, 5.41) is 9.59. The Morgan fingerprint density at radius 2 is 1.84 bits per heavy atom. The fourth-order valence-corrected chi connectivity index (χ4v) is 4.18. The van der Waals surface area contributed by atoms with Gasteiger partial charge in [-0.15, -0.1) is 11.3 Å². The van der Waals surface area contributed by atoms with Crippen molar-refractivity contribution in [2.45, 2.75) is 25.6 Å². The zero-order valence-corrected chi connectivity index (χ0v) is 16.9. The van der Waals surface area contributed by atoms with Crippen LogP contribution in [0.15, 0.2) is 65.1 Å². The van der Waals surface area contributed by atoms with E-state index in [1.165, 1.54) is 6.07 Å². The molecule has 4 nitrogen and oxygen atoms in total. The van der Waals surface area contributed by atoms with Crippen molar-refractivity contribution in [2.24, 2.45) is 0 Å². The molecule has 160 valence electrons. The lowest BCUT2D eigenvalue weighted by atomic mass is 10.1. The molecule has 2 aromatic heterocycles. The first kappa shape index (κ1) is 21.0. The van der Waals surface area contributed by atoms with Crippen LogP contribution in [0.4, 0.5) is 13.2 Å². The molecule has 0 atom stereocenters. The van der Waals surface area contributed by atoms with Gasteiger partial charge in [-0.05, 0) is 29.8 Å². The van der Waals surface area contributed by atoms with Crippen molar-refractivity contribution in [1.29, 1.82) is 0 Å². The van der Waals surface area contributed by atoms with Gasteiger partial charge in [-0.3, -0.25) is 4.79 Å². The van der Waals surface area contributed by atoms with E-state index in [0.29, 0.717) is 38.9 Å². The number of thiophene rings is 1. The van der Waals surface area contributed by atoms with Gasteiger partial charge >= 0.3 is 12.1 Å². The van der Waals surface area contributed by atoms with Crippen molar-refractivity contribution in [3.63, 3.8) is 0 Å². The van der Waals surface area contributed by atoms with Crippen LogP contribution in [0, 0.1) is 0 Å². The zero-order chi connectivity index (χ0) is 22.0. The molecule has 0 radical (unpaired) electrons. The number of carboxylic acids is 1. The van der Waals surface area contributed by atoms with Crippen molar-refractivity contribution in [2.75, 3.05) is 0 Å². The maximum absolute atomic E-state index is 13.5. The number of benzene rings is 2. The summed E-state index contributed by atoms with van der Waals surface area (Å²) in [4.78, 5) is 10.5. The summed E-state index contributed by atoms with van der Waals surface area (Å²) in [5.41, 5.74) is 1.18. The van der Waals surface area contributed by atoms with Crippen molar-refractivity contribution >= 4 is 28.3 Å². The lowest BCUT2D eigenvalue weighted by Crippen LogP contribution is -2.03. The van der Waals surface area contributed by atoms with Gasteiger partial charge in [0, 0.05) is 28.3 Å². The molecule has 0 bridgehead atoms. The van der Waals surface area contributed by atoms with Crippen LogP contribution < -0.4 is 4.74 Å². The van der Waals surface area contributed by atoms with E-state index in [1.54, 1.807) is 54.6 Å². The number of rotatable bonds is 7. The van der Waals surface area contributed by atoms with Crippen LogP contribution in [0.5, 0.6) is 5.75 Å². The first-order chi connectivity index (χ1) is 14.8. The minimum absolute atomic E-state index is 0.0152. The van der Waals surface area contributed by atoms with E-state index in [9.17, 15) is 18.0 Å². The number of ether oxygens (including phenoxy) is 1. The number of aryl methyl sites for hydroxylation is 1. The Morgan fingerprint density at radius 1 is 1.06 bits per heavy atom. The Morgan fingerprint density at radius 3 is 2.55 bits per heavy atom. The van der Waals surface area contributed by atoms with Crippen LogP contribution in [0.3, 0.4) is 0 Å². The van der Waals surface area contributed by atoms with Crippen LogP contribution >= 0.6 is 11.3 Å². The number of carboxylic acid groups (broad SMARTS) is 1. The normalized spacial score (nSPS) is 11.7. The highest BCUT2D eigenvalue weighted by Gasteiger charge is 2.36. The van der Waals surface area contributed by atoms with Gasteiger partial charge < -0.3 is 14.3 Å². The molecule has 0 aliphatic carbocycles. The van der Waals surface area contributed by atoms with E-state index in [2.05, 4.69) is 0 Å². The maximum Gasteiger partial charge on any atom is 0.426 e. The van der Waals surface area contributed by atoms with E-state index < -0.39 is 17.0 Å². The number of halogens is 3. The Kier molecular flexibility index (Phi) is 5.73. The summed E-state index contributed by atoms with van der Waals surface area (Å²) in [7, 11) is 0. The Hall–Kier alpha value is -3.26. The number of alkyl halides is 3. The zero-order valence-electron chi connectivity index (χ0n) is 16.1. The third kappa shape index (κ3) is 4.91. The molecule has 1 N–H and O–H groups in total. The van der Waals surface area contributed by atoms with Crippen LogP contribution in [-0.4, -0.2) is 11.1 Å². The summed E-state index contributed by atoms with van der Waals surface area (Å²) < 4.78 is 51.9. The first-order valence-electron chi connectivity index (χ1n) is 9.42. The fourth-order valence-electron chi connectivity index (χ4n) is 3.22. The van der Waals surface area contributed by atoms with Crippen LogP contribution in [-0.2, 0) is 24.0 Å². The summed E-state index contributed by atoms with van der Waals surface area (Å²) in [6.07, 6.45) is -4.21. The molecule has 0 spiro atoms. The summed E-state index contributed by atoms with van der Waals surface area (Å²) >= 11 is 0.669. The van der Waals surface area contributed by atoms with E-state index in [-0.39, 0.29) is 25.0 Å². The van der Waals surface area contributed by atoms with Crippen LogP contribution in [0.25, 0.3) is 22.1 Å². The van der Waals surface area contributed by atoms with Crippen molar-refractivity contribution in [3.05, 3.63) is 76.2 Å². The number of hydrogen-bond donors (Lipinski definition) is 1. The Balaban J connectivity index is 1.53. The molecule has 0 saturated heterocycles. The lowest BCUT2D eigenvalue weighted by Gasteiger charge is -2.07. The molecule has 0 fully saturated rings. The highest BCUT2D eigenvalue weighted by molar-refractivity contribution is 7.12.